The average molecular weight is 372 g/mol. The Hall–Kier alpha value is -2.11. The Kier molecular flexibility index (Phi) is 6.69. The maximum Gasteiger partial charge on any atom is 0.222 e. The average Bonchev–Trinajstić information content (AvgIpc) is 2.67. The van der Waals surface area contributed by atoms with Crippen molar-refractivity contribution in [3.63, 3.8) is 0 Å². The monoisotopic (exact) mass is 371 g/mol. The molecule has 1 aromatic rings. The van der Waals surface area contributed by atoms with Crippen molar-refractivity contribution in [1.82, 2.24) is 9.88 Å². The summed E-state index contributed by atoms with van der Waals surface area (Å²) in [5.74, 6) is 1.42. The lowest BCUT2D eigenvalue weighted by Crippen LogP contribution is -2.39. The minimum Gasteiger partial charge on any atom is -0.398 e. The minimum atomic E-state index is 0.149. The highest BCUT2D eigenvalue weighted by molar-refractivity contribution is 6.07. The molecule has 1 atom stereocenters. The predicted octanol–water partition coefficient (Wildman–Crippen LogP) is 3.81. The predicted molar refractivity (Wildman–Crippen MR) is 110 cm³/mol. The third kappa shape index (κ3) is 5.21. The van der Waals surface area contributed by atoms with Crippen molar-refractivity contribution < 1.29 is 4.79 Å². The molecule has 1 saturated carbocycles. The summed E-state index contributed by atoms with van der Waals surface area (Å²) in [6.45, 7) is 3.89. The van der Waals surface area contributed by atoms with Crippen LogP contribution in [-0.2, 0) is 4.79 Å². The molecule has 0 spiro atoms. The molecule has 4 N–H and O–H groups in total. The van der Waals surface area contributed by atoms with Crippen molar-refractivity contribution in [2.45, 2.75) is 70.8 Å². The van der Waals surface area contributed by atoms with E-state index in [-0.39, 0.29) is 5.91 Å². The maximum atomic E-state index is 12.5. The molecule has 0 bridgehead atoms. The van der Waals surface area contributed by atoms with E-state index in [0.717, 1.165) is 32.4 Å². The fraction of sp³-hybridized carbons (Fsp3) is 0.667. The number of carbonyl (C=O) groups is 1. The van der Waals surface area contributed by atoms with Gasteiger partial charge in [0.1, 0.15) is 5.82 Å². The highest BCUT2D eigenvalue weighted by atomic mass is 16.2. The third-order valence-electron chi connectivity index (χ3n) is 5.83. The number of carbonyl (C=O) groups excluding carboxylic acids is 1. The number of piperidine rings is 1. The number of nitrogen functional groups attached to an aromatic ring is 1. The second-order valence-corrected chi connectivity index (χ2v) is 8.17. The Balaban J connectivity index is 1.62. The first-order valence-electron chi connectivity index (χ1n) is 10.4. The van der Waals surface area contributed by atoms with E-state index in [4.69, 9.17) is 11.1 Å². The van der Waals surface area contributed by atoms with Gasteiger partial charge in [0.05, 0.1) is 5.56 Å². The van der Waals surface area contributed by atoms with Crippen molar-refractivity contribution in [3.05, 3.63) is 17.8 Å². The maximum absolute atomic E-state index is 12.5. The first kappa shape index (κ1) is 19.6. The number of hydrogen-bond acceptors (Lipinski definition) is 5. The zero-order valence-corrected chi connectivity index (χ0v) is 16.5. The zero-order valence-electron chi connectivity index (χ0n) is 16.5. The molecule has 27 heavy (non-hydrogen) atoms. The van der Waals surface area contributed by atoms with Crippen LogP contribution in [-0.4, -0.2) is 40.6 Å². The summed E-state index contributed by atoms with van der Waals surface area (Å²) < 4.78 is 0. The first-order chi connectivity index (χ1) is 13.0. The van der Waals surface area contributed by atoms with Crippen LogP contribution in [0.2, 0.25) is 0 Å². The summed E-state index contributed by atoms with van der Waals surface area (Å²) in [5, 5.41) is 12.0. The van der Waals surface area contributed by atoms with Gasteiger partial charge in [-0.1, -0.05) is 26.2 Å². The number of amides is 1. The smallest absolute Gasteiger partial charge is 0.222 e. The van der Waals surface area contributed by atoms with Gasteiger partial charge in [0.15, 0.2) is 0 Å². The summed E-state index contributed by atoms with van der Waals surface area (Å²) in [7, 11) is 0. The molecule has 3 rings (SSSR count). The van der Waals surface area contributed by atoms with E-state index in [1.807, 2.05) is 4.90 Å². The van der Waals surface area contributed by atoms with Crippen LogP contribution in [0.5, 0.6) is 0 Å². The van der Waals surface area contributed by atoms with Gasteiger partial charge in [-0.05, 0) is 44.1 Å². The summed E-state index contributed by atoms with van der Waals surface area (Å²) >= 11 is 0. The number of likely N-dealkylation sites (tertiary alicyclic amines) is 1. The molecular formula is C21H33N5O. The quantitative estimate of drug-likeness (QED) is 0.663. The highest BCUT2D eigenvalue weighted by Crippen LogP contribution is 2.26. The van der Waals surface area contributed by atoms with E-state index >= 15 is 0 Å². The van der Waals surface area contributed by atoms with E-state index in [0.29, 0.717) is 47.6 Å². The number of pyridine rings is 1. The van der Waals surface area contributed by atoms with Crippen molar-refractivity contribution in [2.24, 2.45) is 5.92 Å². The zero-order chi connectivity index (χ0) is 19.2. The molecule has 1 unspecified atom stereocenters. The van der Waals surface area contributed by atoms with Gasteiger partial charge in [-0.25, -0.2) is 4.98 Å². The van der Waals surface area contributed by atoms with Crippen LogP contribution in [0.1, 0.15) is 70.3 Å². The van der Waals surface area contributed by atoms with Gasteiger partial charge in [0.25, 0.3) is 0 Å². The Morgan fingerprint density at radius 1 is 1.26 bits per heavy atom. The van der Waals surface area contributed by atoms with Crippen molar-refractivity contribution >= 4 is 23.1 Å². The molecule has 1 aliphatic heterocycles. The van der Waals surface area contributed by atoms with Crippen LogP contribution in [0.3, 0.4) is 0 Å². The van der Waals surface area contributed by atoms with Gasteiger partial charge in [-0.2, -0.15) is 0 Å². The second kappa shape index (κ2) is 9.20. The third-order valence-corrected chi connectivity index (χ3v) is 5.83. The molecular weight excluding hydrogens is 338 g/mol. The van der Waals surface area contributed by atoms with Gasteiger partial charge in [-0.3, -0.25) is 4.79 Å². The van der Waals surface area contributed by atoms with Crippen molar-refractivity contribution in [2.75, 3.05) is 24.1 Å². The fourth-order valence-corrected chi connectivity index (χ4v) is 4.27. The molecule has 148 valence electrons. The molecule has 6 heteroatoms. The van der Waals surface area contributed by atoms with Crippen LogP contribution < -0.4 is 11.1 Å². The standard InChI is InChI=1S/C21H33N5O/c1-15-6-5-13-26(14-15)19(27)10-9-17(22)20-18(23)11-12-24-21(20)25-16-7-3-2-4-8-16/h11-12,15-16,22H,2-10,13-14H2,1H3,(H3,23,24,25). The molecule has 1 aliphatic carbocycles. The van der Waals surface area contributed by atoms with E-state index in [9.17, 15) is 4.79 Å². The van der Waals surface area contributed by atoms with Crippen molar-refractivity contribution in [1.29, 1.82) is 5.41 Å². The van der Waals surface area contributed by atoms with Gasteiger partial charge in [0.2, 0.25) is 5.91 Å². The molecule has 1 aromatic heterocycles. The summed E-state index contributed by atoms with van der Waals surface area (Å²) in [6, 6.07) is 2.14. The topological polar surface area (TPSA) is 95.1 Å². The van der Waals surface area contributed by atoms with Crippen LogP contribution in [0.4, 0.5) is 11.5 Å². The van der Waals surface area contributed by atoms with Gasteiger partial charge < -0.3 is 21.4 Å². The van der Waals surface area contributed by atoms with Crippen molar-refractivity contribution in [3.8, 4) is 0 Å². The molecule has 0 aromatic carbocycles. The number of nitrogens with one attached hydrogen (secondary N) is 2. The SMILES string of the molecule is CC1CCCN(C(=O)CCC(=N)c2c(N)ccnc2NC2CCCCC2)C1. The molecule has 6 nitrogen and oxygen atoms in total. The van der Waals surface area contributed by atoms with Gasteiger partial charge >= 0.3 is 0 Å². The van der Waals surface area contributed by atoms with E-state index < -0.39 is 0 Å². The highest BCUT2D eigenvalue weighted by Gasteiger charge is 2.23. The van der Waals surface area contributed by atoms with Gasteiger partial charge in [-0.15, -0.1) is 0 Å². The van der Waals surface area contributed by atoms with Crippen LogP contribution in [0.15, 0.2) is 12.3 Å². The number of rotatable bonds is 6. The molecule has 2 aliphatic rings. The van der Waals surface area contributed by atoms with Crippen LogP contribution >= 0.6 is 0 Å². The normalized spacial score (nSPS) is 21.1. The van der Waals surface area contributed by atoms with Crippen LogP contribution in [0, 0.1) is 11.3 Å². The number of aromatic nitrogens is 1. The Labute approximate surface area is 162 Å². The largest absolute Gasteiger partial charge is 0.398 e. The molecule has 0 radical (unpaired) electrons. The van der Waals surface area contributed by atoms with Crippen LogP contribution in [0.25, 0.3) is 0 Å². The summed E-state index contributed by atoms with van der Waals surface area (Å²) in [6.07, 6.45) is 10.8. The van der Waals surface area contributed by atoms with Gasteiger partial charge in [0, 0.05) is 43.1 Å². The molecule has 2 heterocycles. The summed E-state index contributed by atoms with van der Waals surface area (Å²) in [4.78, 5) is 18.9. The lowest BCUT2D eigenvalue weighted by Gasteiger charge is -2.31. The number of nitrogens with zero attached hydrogens (tertiary/aromatic N) is 2. The molecule has 2 fully saturated rings. The van der Waals surface area contributed by atoms with E-state index in [2.05, 4.69) is 17.2 Å². The minimum absolute atomic E-state index is 0.149. The lowest BCUT2D eigenvalue weighted by atomic mass is 9.95. The fourth-order valence-electron chi connectivity index (χ4n) is 4.27. The molecule has 1 amide bonds. The first-order valence-corrected chi connectivity index (χ1v) is 10.4. The van der Waals surface area contributed by atoms with E-state index in [1.54, 1.807) is 12.3 Å². The lowest BCUT2D eigenvalue weighted by molar-refractivity contribution is -0.132. The summed E-state index contributed by atoms with van der Waals surface area (Å²) in [5.41, 5.74) is 7.81. The second-order valence-electron chi connectivity index (χ2n) is 8.17. The number of anilines is 2. The number of nitrogens with two attached hydrogens (primary N) is 1. The Bertz CT molecular complexity index is 669. The molecule has 1 saturated heterocycles. The van der Waals surface area contributed by atoms with E-state index in [1.165, 1.54) is 25.7 Å². The Morgan fingerprint density at radius 3 is 2.78 bits per heavy atom. The Morgan fingerprint density at radius 2 is 2.04 bits per heavy atom. The number of hydrogen-bond donors (Lipinski definition) is 3.